The van der Waals surface area contributed by atoms with E-state index in [1.807, 2.05) is 30.3 Å². The molecule has 2 aliphatic rings. The van der Waals surface area contributed by atoms with Crippen molar-refractivity contribution in [2.24, 2.45) is 5.92 Å². The Morgan fingerprint density at radius 2 is 1.88 bits per heavy atom. The molecule has 0 radical (unpaired) electrons. The molecule has 26 heavy (non-hydrogen) atoms. The number of aryl methyl sites for hydroxylation is 1. The van der Waals surface area contributed by atoms with Crippen molar-refractivity contribution in [1.29, 1.82) is 0 Å². The number of hydrogen-bond acceptors (Lipinski definition) is 3. The summed E-state index contributed by atoms with van der Waals surface area (Å²) in [6, 6.07) is 11.8. The van der Waals surface area contributed by atoms with Crippen molar-refractivity contribution in [1.82, 2.24) is 0 Å². The van der Waals surface area contributed by atoms with Gasteiger partial charge in [-0.3, -0.25) is 9.59 Å². The Bertz CT molecular complexity index is 937. The fraction of sp³-hybridized carbons (Fsp3) is 0.286. The first kappa shape index (κ1) is 18.0. The average molecular weight is 523 g/mol. The Balaban J connectivity index is 1.92. The summed E-state index contributed by atoms with van der Waals surface area (Å²) in [5, 5.41) is 0. The molecule has 0 fully saturated rings. The maximum atomic E-state index is 13.0. The molecule has 0 spiro atoms. The third kappa shape index (κ3) is 2.80. The molecule has 0 aliphatic heterocycles. The third-order valence-electron chi connectivity index (χ3n) is 5.57. The molecule has 4 rings (SSSR count). The molecule has 5 heteroatoms. The van der Waals surface area contributed by atoms with Gasteiger partial charge in [0.2, 0.25) is 0 Å². The first-order valence-corrected chi connectivity index (χ1v) is 10.5. The molecule has 0 saturated heterocycles. The van der Waals surface area contributed by atoms with Crippen molar-refractivity contribution in [2.75, 3.05) is 0 Å². The first-order chi connectivity index (χ1) is 12.5. The number of aldehydes is 1. The lowest BCUT2D eigenvalue weighted by Gasteiger charge is -2.32. The van der Waals surface area contributed by atoms with Crippen LogP contribution in [0.25, 0.3) is 0 Å². The second-order valence-corrected chi connectivity index (χ2v) is 8.91. The number of benzene rings is 2. The van der Waals surface area contributed by atoms with Crippen molar-refractivity contribution in [3.63, 3.8) is 0 Å². The quantitative estimate of drug-likeness (QED) is 0.428. The Labute approximate surface area is 173 Å². The van der Waals surface area contributed by atoms with E-state index < -0.39 is 5.92 Å². The summed E-state index contributed by atoms with van der Waals surface area (Å²) in [5.41, 5.74) is 3.74. The number of Topliss-reactive ketones (excluding diaryl/α,β-unsaturated/α-hetero) is 2. The van der Waals surface area contributed by atoms with Gasteiger partial charge in [-0.2, -0.15) is 0 Å². The van der Waals surface area contributed by atoms with E-state index in [1.54, 1.807) is 0 Å². The fourth-order valence-corrected chi connectivity index (χ4v) is 5.27. The van der Waals surface area contributed by atoms with Gasteiger partial charge in [-0.05, 0) is 73.8 Å². The maximum absolute atomic E-state index is 13.0. The van der Waals surface area contributed by atoms with Crippen LogP contribution >= 0.6 is 38.5 Å². The number of carbonyl (C=O) groups excluding carboxylic acids is 3. The third-order valence-corrected chi connectivity index (χ3v) is 7.86. The molecule has 0 aromatic heterocycles. The normalized spacial score (nSPS) is 24.3. The van der Waals surface area contributed by atoms with E-state index in [4.69, 9.17) is 0 Å². The van der Waals surface area contributed by atoms with Gasteiger partial charge in [0.25, 0.3) is 0 Å². The van der Waals surface area contributed by atoms with Crippen LogP contribution in [0.15, 0.2) is 40.9 Å². The molecular formula is C21H16BrIO3. The minimum absolute atomic E-state index is 0.0154. The Morgan fingerprint density at radius 3 is 2.65 bits per heavy atom. The zero-order valence-corrected chi connectivity index (χ0v) is 17.6. The van der Waals surface area contributed by atoms with Crippen LogP contribution in [0.2, 0.25) is 0 Å². The summed E-state index contributed by atoms with van der Waals surface area (Å²) in [5.74, 6) is -0.946. The Morgan fingerprint density at radius 1 is 1.12 bits per heavy atom. The van der Waals surface area contributed by atoms with Gasteiger partial charge in [0, 0.05) is 38.3 Å². The topological polar surface area (TPSA) is 51.2 Å². The second-order valence-electron chi connectivity index (χ2n) is 6.90. The van der Waals surface area contributed by atoms with Crippen LogP contribution in [0, 0.1) is 9.49 Å². The van der Waals surface area contributed by atoms with Crippen molar-refractivity contribution < 1.29 is 14.4 Å². The molecular weight excluding hydrogens is 507 g/mol. The van der Waals surface area contributed by atoms with Crippen LogP contribution in [-0.4, -0.2) is 17.9 Å². The van der Waals surface area contributed by atoms with E-state index in [0.717, 1.165) is 31.9 Å². The summed E-state index contributed by atoms with van der Waals surface area (Å²) in [4.78, 5) is 37.3. The number of carbonyl (C=O) groups is 3. The zero-order chi connectivity index (χ0) is 18.4. The summed E-state index contributed by atoms with van der Waals surface area (Å²) in [6.45, 7) is 0. The molecule has 3 atom stereocenters. The highest BCUT2D eigenvalue weighted by atomic mass is 127. The van der Waals surface area contributed by atoms with E-state index in [-0.39, 0.29) is 29.8 Å². The van der Waals surface area contributed by atoms with Gasteiger partial charge in [0.05, 0.1) is 5.92 Å². The zero-order valence-electron chi connectivity index (χ0n) is 13.9. The van der Waals surface area contributed by atoms with E-state index in [0.29, 0.717) is 12.0 Å². The molecule has 2 aromatic carbocycles. The van der Waals surface area contributed by atoms with Crippen molar-refractivity contribution in [3.8, 4) is 0 Å². The van der Waals surface area contributed by atoms with E-state index in [1.165, 1.54) is 5.56 Å². The van der Waals surface area contributed by atoms with Crippen molar-refractivity contribution in [3.05, 3.63) is 66.7 Å². The number of fused-ring (bicyclic) bond motifs is 2. The van der Waals surface area contributed by atoms with Crippen LogP contribution in [0.4, 0.5) is 0 Å². The van der Waals surface area contributed by atoms with Crippen molar-refractivity contribution >= 4 is 56.4 Å². The molecule has 0 heterocycles. The number of rotatable bonds is 3. The van der Waals surface area contributed by atoms with Gasteiger partial charge in [-0.15, -0.1) is 0 Å². The summed E-state index contributed by atoms with van der Waals surface area (Å²) in [6.07, 6.45) is 2.19. The molecule has 0 saturated carbocycles. The molecule has 0 amide bonds. The number of halogens is 2. The highest BCUT2D eigenvalue weighted by molar-refractivity contribution is 14.1. The lowest BCUT2D eigenvalue weighted by molar-refractivity contribution is -0.122. The molecule has 3 nitrogen and oxygen atoms in total. The summed E-state index contributed by atoms with van der Waals surface area (Å²) in [7, 11) is 0. The second kappa shape index (κ2) is 7.00. The van der Waals surface area contributed by atoms with Crippen LogP contribution < -0.4 is 0 Å². The average Bonchev–Trinajstić information content (AvgIpc) is 2.88. The SMILES string of the molecule is O=CC[C@H]1C(=O)c2cc(I)c(Br)cc2[C@H]1[C@@H]1C(=O)CCc2ccccc21. The van der Waals surface area contributed by atoms with Crippen LogP contribution in [0.5, 0.6) is 0 Å². The predicted octanol–water partition coefficient (Wildman–Crippen LogP) is 4.84. The number of ketones is 2. The van der Waals surface area contributed by atoms with E-state index >= 15 is 0 Å². The standard InChI is InChI=1S/C21H16BrIO3/c22-16-9-14-15(10-17(16)23)21(26)13(7-8-24)19(14)20-12-4-2-1-3-11(12)5-6-18(20)25/h1-4,8-10,13,19-20H,5-7H2/t13-,19+,20+/m1/s1. The van der Waals surface area contributed by atoms with E-state index in [2.05, 4.69) is 44.6 Å². The minimum atomic E-state index is -0.465. The molecule has 0 unspecified atom stereocenters. The fourth-order valence-electron chi connectivity index (χ4n) is 4.45. The van der Waals surface area contributed by atoms with Crippen LogP contribution in [0.1, 0.15) is 51.7 Å². The van der Waals surface area contributed by atoms with Gasteiger partial charge >= 0.3 is 0 Å². The van der Waals surface area contributed by atoms with Crippen LogP contribution in [0.3, 0.4) is 0 Å². The van der Waals surface area contributed by atoms with Crippen LogP contribution in [-0.2, 0) is 16.0 Å². The smallest absolute Gasteiger partial charge is 0.167 e. The lowest BCUT2D eigenvalue weighted by atomic mass is 9.69. The lowest BCUT2D eigenvalue weighted by Crippen LogP contribution is -2.29. The highest BCUT2D eigenvalue weighted by Gasteiger charge is 2.47. The summed E-state index contributed by atoms with van der Waals surface area (Å²) < 4.78 is 1.87. The Hall–Kier alpha value is -1.34. The van der Waals surface area contributed by atoms with Gasteiger partial charge in [-0.1, -0.05) is 24.3 Å². The van der Waals surface area contributed by atoms with Gasteiger partial charge in [0.15, 0.2) is 5.78 Å². The Kier molecular flexibility index (Phi) is 4.86. The molecule has 2 aromatic rings. The molecule has 0 N–H and O–H groups in total. The maximum Gasteiger partial charge on any atom is 0.167 e. The van der Waals surface area contributed by atoms with Crippen molar-refractivity contribution in [2.45, 2.75) is 31.1 Å². The predicted molar refractivity (Wildman–Crippen MR) is 111 cm³/mol. The van der Waals surface area contributed by atoms with E-state index in [9.17, 15) is 14.4 Å². The monoisotopic (exact) mass is 522 g/mol. The van der Waals surface area contributed by atoms with Gasteiger partial charge in [0.1, 0.15) is 12.1 Å². The molecule has 0 bridgehead atoms. The van der Waals surface area contributed by atoms with Gasteiger partial charge in [-0.25, -0.2) is 0 Å². The largest absolute Gasteiger partial charge is 0.303 e. The van der Waals surface area contributed by atoms with Gasteiger partial charge < -0.3 is 4.79 Å². The number of hydrogen-bond donors (Lipinski definition) is 0. The highest BCUT2D eigenvalue weighted by Crippen LogP contribution is 2.51. The first-order valence-electron chi connectivity index (χ1n) is 8.60. The molecule has 132 valence electrons. The summed E-state index contributed by atoms with van der Waals surface area (Å²) >= 11 is 5.74. The minimum Gasteiger partial charge on any atom is -0.303 e. The molecule has 2 aliphatic carbocycles.